The maximum absolute atomic E-state index is 12.0. The van der Waals surface area contributed by atoms with E-state index in [1.54, 1.807) is 6.92 Å². The Hall–Kier alpha value is -2.08. The quantitative estimate of drug-likeness (QED) is 0.650. The number of carbonyl (C=O) groups excluding carboxylic acids is 1. The number of aromatic nitrogens is 2. The largest absolute Gasteiger partial charge is 0.354 e. The molecule has 6 heteroatoms. The lowest BCUT2D eigenvalue weighted by atomic mass is 10.1. The van der Waals surface area contributed by atoms with E-state index in [2.05, 4.69) is 10.3 Å². The topological polar surface area (TPSA) is 64.0 Å². The van der Waals surface area contributed by atoms with Gasteiger partial charge in [-0.1, -0.05) is 42.1 Å². The highest BCUT2D eigenvalue weighted by atomic mass is 32.2. The van der Waals surface area contributed by atoms with E-state index >= 15 is 0 Å². The van der Waals surface area contributed by atoms with Gasteiger partial charge >= 0.3 is 0 Å². The maximum Gasteiger partial charge on any atom is 0.254 e. The summed E-state index contributed by atoms with van der Waals surface area (Å²) in [5.74, 6) is -0.181. The van der Waals surface area contributed by atoms with Crippen LogP contribution in [0.4, 0.5) is 0 Å². The Morgan fingerprint density at radius 3 is 2.73 bits per heavy atom. The number of aryl methyl sites for hydroxylation is 1. The van der Waals surface area contributed by atoms with E-state index in [1.807, 2.05) is 36.6 Å². The van der Waals surface area contributed by atoms with Crippen LogP contribution < -0.4 is 10.9 Å². The smallest absolute Gasteiger partial charge is 0.254 e. The molecule has 0 aliphatic carbocycles. The van der Waals surface area contributed by atoms with Gasteiger partial charge in [0.25, 0.3) is 5.56 Å². The van der Waals surface area contributed by atoms with Gasteiger partial charge in [-0.2, -0.15) is 0 Å². The van der Waals surface area contributed by atoms with Gasteiger partial charge in [-0.15, -0.1) is 0 Å². The Labute approximate surface area is 133 Å². The van der Waals surface area contributed by atoms with Gasteiger partial charge in [-0.3, -0.25) is 14.2 Å². The highest BCUT2D eigenvalue weighted by Crippen LogP contribution is 2.09. The van der Waals surface area contributed by atoms with Gasteiger partial charge in [-0.05, 0) is 25.2 Å². The fourth-order valence-corrected chi connectivity index (χ4v) is 2.70. The normalized spacial score (nSPS) is 10.5. The molecule has 0 aliphatic heterocycles. The van der Waals surface area contributed by atoms with Gasteiger partial charge in [-0.25, -0.2) is 4.98 Å². The van der Waals surface area contributed by atoms with Crippen molar-refractivity contribution in [2.75, 3.05) is 12.8 Å². The zero-order valence-corrected chi connectivity index (χ0v) is 13.5. The summed E-state index contributed by atoms with van der Waals surface area (Å²) in [4.78, 5) is 28.3. The summed E-state index contributed by atoms with van der Waals surface area (Å²) in [5.41, 5.74) is 1.63. The minimum atomic E-state index is -0.199. The van der Waals surface area contributed by atoms with Crippen LogP contribution in [0.3, 0.4) is 0 Å². The first-order valence-electron chi connectivity index (χ1n) is 7.03. The van der Waals surface area contributed by atoms with Gasteiger partial charge in [0.05, 0.1) is 0 Å². The van der Waals surface area contributed by atoms with Crippen molar-refractivity contribution in [1.82, 2.24) is 14.9 Å². The van der Waals surface area contributed by atoms with Crippen molar-refractivity contribution < 1.29 is 4.79 Å². The van der Waals surface area contributed by atoms with Crippen molar-refractivity contribution in [3.05, 3.63) is 58.0 Å². The molecule has 5 nitrogen and oxygen atoms in total. The van der Waals surface area contributed by atoms with Gasteiger partial charge in [0.2, 0.25) is 5.91 Å². The van der Waals surface area contributed by atoms with Crippen LogP contribution in [0.5, 0.6) is 0 Å². The number of hydrogen-bond donors (Lipinski definition) is 1. The first kappa shape index (κ1) is 16.3. The molecule has 1 amide bonds. The van der Waals surface area contributed by atoms with Crippen molar-refractivity contribution in [2.24, 2.45) is 0 Å². The molecular weight excluding hydrogens is 298 g/mol. The van der Waals surface area contributed by atoms with Crippen LogP contribution in [-0.4, -0.2) is 28.3 Å². The highest BCUT2D eigenvalue weighted by Gasteiger charge is 2.10. The number of thioether (sulfide) groups is 1. The molecule has 0 aliphatic rings. The average molecular weight is 317 g/mol. The molecule has 0 fully saturated rings. The summed E-state index contributed by atoms with van der Waals surface area (Å²) in [6, 6.07) is 11.4. The third kappa shape index (κ3) is 4.46. The van der Waals surface area contributed by atoms with Gasteiger partial charge < -0.3 is 5.32 Å². The summed E-state index contributed by atoms with van der Waals surface area (Å²) < 4.78 is 1.40. The zero-order chi connectivity index (χ0) is 15.9. The maximum atomic E-state index is 12.0. The predicted molar refractivity (Wildman–Crippen MR) is 88.2 cm³/mol. The molecule has 0 unspecified atom stereocenters. The second-order valence-electron chi connectivity index (χ2n) is 4.89. The third-order valence-corrected chi connectivity index (χ3v) is 3.84. The monoisotopic (exact) mass is 317 g/mol. The lowest BCUT2D eigenvalue weighted by Gasteiger charge is -2.11. The predicted octanol–water partition coefficient (Wildman–Crippen LogP) is 1.63. The molecule has 22 heavy (non-hydrogen) atoms. The summed E-state index contributed by atoms with van der Waals surface area (Å²) in [6.07, 6.45) is 2.61. The second-order valence-corrected chi connectivity index (χ2v) is 5.67. The fraction of sp³-hybridized carbons (Fsp3) is 0.312. The number of nitrogens with one attached hydrogen (secondary N) is 1. The lowest BCUT2D eigenvalue weighted by molar-refractivity contribution is -0.121. The molecule has 2 rings (SSSR count). The summed E-state index contributed by atoms with van der Waals surface area (Å²) in [6.45, 7) is 2.31. The molecule has 0 saturated heterocycles. The van der Waals surface area contributed by atoms with E-state index < -0.39 is 0 Å². The van der Waals surface area contributed by atoms with Crippen LogP contribution in [-0.2, 0) is 17.8 Å². The first-order chi connectivity index (χ1) is 10.6. The molecular formula is C16H19N3O2S. The summed E-state index contributed by atoms with van der Waals surface area (Å²) in [5, 5.41) is 3.40. The molecule has 116 valence electrons. The molecule has 1 aromatic carbocycles. The number of nitrogens with zero attached hydrogens (tertiary/aromatic N) is 2. The van der Waals surface area contributed by atoms with Crippen LogP contribution >= 0.6 is 11.8 Å². The van der Waals surface area contributed by atoms with Crippen molar-refractivity contribution in [2.45, 2.75) is 25.0 Å². The average Bonchev–Trinajstić information content (AvgIpc) is 2.50. The molecule has 0 atom stereocenters. The Balaban J connectivity index is 1.94. The Bertz CT molecular complexity index is 698. The molecule has 0 spiro atoms. The first-order valence-corrected chi connectivity index (χ1v) is 8.25. The van der Waals surface area contributed by atoms with Crippen LogP contribution in [0, 0.1) is 6.92 Å². The second kappa shape index (κ2) is 7.79. The van der Waals surface area contributed by atoms with Crippen molar-refractivity contribution in [1.29, 1.82) is 0 Å². The number of benzene rings is 1. The standard InChI is InChI=1S/C16H19N3O2S/c1-12-10-15(21)19(16(18-12)22-2)11-14(20)17-9-8-13-6-4-3-5-7-13/h3-7,10H,8-9,11H2,1-2H3,(H,17,20). The van der Waals surface area contributed by atoms with Crippen molar-refractivity contribution >= 4 is 17.7 Å². The molecule has 1 aromatic heterocycles. The third-order valence-electron chi connectivity index (χ3n) is 3.16. The lowest BCUT2D eigenvalue weighted by Crippen LogP contribution is -2.34. The Morgan fingerprint density at radius 2 is 2.05 bits per heavy atom. The summed E-state index contributed by atoms with van der Waals surface area (Å²) >= 11 is 1.36. The molecule has 1 heterocycles. The SMILES string of the molecule is CSc1nc(C)cc(=O)n1CC(=O)NCCc1ccccc1. The fourth-order valence-electron chi connectivity index (χ4n) is 2.09. The van der Waals surface area contributed by atoms with E-state index in [0.717, 1.165) is 6.42 Å². The number of rotatable bonds is 6. The molecule has 0 bridgehead atoms. The minimum absolute atomic E-state index is 0.00290. The Morgan fingerprint density at radius 1 is 1.32 bits per heavy atom. The number of amides is 1. The summed E-state index contributed by atoms with van der Waals surface area (Å²) in [7, 11) is 0. The molecule has 2 aromatic rings. The number of hydrogen-bond acceptors (Lipinski definition) is 4. The molecule has 1 N–H and O–H groups in total. The minimum Gasteiger partial charge on any atom is -0.354 e. The highest BCUT2D eigenvalue weighted by molar-refractivity contribution is 7.98. The number of carbonyl (C=O) groups is 1. The Kier molecular flexibility index (Phi) is 5.77. The molecule has 0 saturated carbocycles. The van der Waals surface area contributed by atoms with Crippen molar-refractivity contribution in [3.8, 4) is 0 Å². The van der Waals surface area contributed by atoms with Crippen LogP contribution in [0.1, 0.15) is 11.3 Å². The van der Waals surface area contributed by atoms with Gasteiger partial charge in [0.1, 0.15) is 6.54 Å². The van der Waals surface area contributed by atoms with Crippen molar-refractivity contribution in [3.63, 3.8) is 0 Å². The van der Waals surface area contributed by atoms with E-state index in [9.17, 15) is 9.59 Å². The van der Waals surface area contributed by atoms with Gasteiger partial charge in [0, 0.05) is 18.3 Å². The van der Waals surface area contributed by atoms with Gasteiger partial charge in [0.15, 0.2) is 5.16 Å². The van der Waals surface area contributed by atoms with Crippen LogP contribution in [0.25, 0.3) is 0 Å². The van der Waals surface area contributed by atoms with E-state index in [0.29, 0.717) is 17.4 Å². The van der Waals surface area contributed by atoms with E-state index in [1.165, 1.54) is 28.0 Å². The van der Waals surface area contributed by atoms with Crippen LogP contribution in [0.2, 0.25) is 0 Å². The van der Waals surface area contributed by atoms with Crippen LogP contribution in [0.15, 0.2) is 46.3 Å². The molecule has 0 radical (unpaired) electrons. The van der Waals surface area contributed by atoms with E-state index in [-0.39, 0.29) is 18.0 Å². The van der Waals surface area contributed by atoms with E-state index in [4.69, 9.17) is 0 Å². The zero-order valence-electron chi connectivity index (χ0n) is 12.7.